The number of nitrogens with one attached hydrogen (secondary N) is 1. The number of hydrogen-bond acceptors (Lipinski definition) is 1. The molecule has 2 aromatic rings. The minimum absolute atomic E-state index is 0.0152. The monoisotopic (exact) mass is 279 g/mol. The van der Waals surface area contributed by atoms with Crippen LogP contribution in [0.15, 0.2) is 42.5 Å². The molecule has 0 bridgehead atoms. The molecule has 4 heteroatoms. The minimum atomic E-state index is -0.573. The van der Waals surface area contributed by atoms with E-state index >= 15 is 0 Å². The fourth-order valence-corrected chi connectivity index (χ4v) is 2.23. The molecule has 0 fully saturated rings. The molecule has 0 saturated carbocycles. The lowest BCUT2D eigenvalue weighted by Crippen LogP contribution is -2.24. The summed E-state index contributed by atoms with van der Waals surface area (Å²) >= 11 is 0. The molecule has 0 saturated heterocycles. The molecule has 1 nitrogen and oxygen atoms in total. The Morgan fingerprint density at radius 1 is 0.800 bits per heavy atom. The van der Waals surface area contributed by atoms with Crippen LogP contribution in [0.5, 0.6) is 0 Å². The van der Waals surface area contributed by atoms with Crippen LogP contribution in [0.1, 0.15) is 37.1 Å². The van der Waals surface area contributed by atoms with Gasteiger partial charge in [0, 0.05) is 17.6 Å². The predicted molar refractivity (Wildman–Crippen MR) is 72.7 cm³/mol. The van der Waals surface area contributed by atoms with Crippen molar-refractivity contribution in [2.75, 3.05) is 0 Å². The Kier molecular flexibility index (Phi) is 4.45. The normalized spacial score (nSPS) is 14.1. The van der Waals surface area contributed by atoms with E-state index in [1.807, 2.05) is 6.92 Å². The first kappa shape index (κ1) is 14.6. The van der Waals surface area contributed by atoms with E-state index in [2.05, 4.69) is 5.32 Å². The molecule has 2 rings (SSSR count). The van der Waals surface area contributed by atoms with Gasteiger partial charge in [-0.1, -0.05) is 18.2 Å². The van der Waals surface area contributed by atoms with Crippen molar-refractivity contribution in [3.63, 3.8) is 0 Å². The molecule has 1 N–H and O–H groups in total. The molecule has 0 aliphatic carbocycles. The van der Waals surface area contributed by atoms with E-state index in [1.165, 1.54) is 30.3 Å². The van der Waals surface area contributed by atoms with Crippen molar-refractivity contribution in [2.24, 2.45) is 0 Å². The first-order chi connectivity index (χ1) is 9.49. The van der Waals surface area contributed by atoms with Crippen LogP contribution in [0.3, 0.4) is 0 Å². The summed E-state index contributed by atoms with van der Waals surface area (Å²) in [5, 5.41) is 3.11. The number of rotatable bonds is 4. The van der Waals surface area contributed by atoms with E-state index in [0.717, 1.165) is 5.56 Å². The fourth-order valence-electron chi connectivity index (χ4n) is 2.23. The lowest BCUT2D eigenvalue weighted by atomic mass is 10.0. The van der Waals surface area contributed by atoms with E-state index in [4.69, 9.17) is 0 Å². The molecule has 2 atom stereocenters. The maximum absolute atomic E-state index is 13.7. The third kappa shape index (κ3) is 3.20. The topological polar surface area (TPSA) is 12.0 Å². The van der Waals surface area contributed by atoms with Crippen LogP contribution in [-0.4, -0.2) is 0 Å². The van der Waals surface area contributed by atoms with Gasteiger partial charge in [-0.3, -0.25) is 0 Å². The molecule has 20 heavy (non-hydrogen) atoms. The maximum atomic E-state index is 13.7. The van der Waals surface area contributed by atoms with E-state index in [1.54, 1.807) is 19.1 Å². The molecule has 2 aromatic carbocycles. The molecule has 0 spiro atoms. The molecule has 0 aliphatic rings. The van der Waals surface area contributed by atoms with Gasteiger partial charge in [0.2, 0.25) is 0 Å². The second-order valence-corrected chi connectivity index (χ2v) is 4.80. The highest BCUT2D eigenvalue weighted by Crippen LogP contribution is 2.23. The lowest BCUT2D eigenvalue weighted by Gasteiger charge is -2.21. The predicted octanol–water partition coefficient (Wildman–Crippen LogP) is 4.52. The summed E-state index contributed by atoms with van der Waals surface area (Å²) in [6.07, 6.45) is 0. The summed E-state index contributed by atoms with van der Waals surface area (Å²) < 4.78 is 40.2. The molecule has 0 radical (unpaired) electrons. The van der Waals surface area contributed by atoms with E-state index in [-0.39, 0.29) is 17.4 Å². The van der Waals surface area contributed by atoms with E-state index in [9.17, 15) is 13.2 Å². The van der Waals surface area contributed by atoms with Gasteiger partial charge in [-0.2, -0.15) is 0 Å². The zero-order chi connectivity index (χ0) is 14.7. The van der Waals surface area contributed by atoms with Gasteiger partial charge in [0.05, 0.1) is 0 Å². The third-order valence-electron chi connectivity index (χ3n) is 3.30. The SMILES string of the molecule is CC(NC(C)c1c(F)cccc1F)c1ccc(F)cc1. The summed E-state index contributed by atoms with van der Waals surface area (Å²) in [4.78, 5) is 0. The molecular weight excluding hydrogens is 263 g/mol. The molecular formula is C16H16F3N. The van der Waals surface area contributed by atoms with Gasteiger partial charge in [-0.15, -0.1) is 0 Å². The highest BCUT2D eigenvalue weighted by molar-refractivity contribution is 5.24. The Labute approximate surface area is 116 Å². The average molecular weight is 279 g/mol. The van der Waals surface area contributed by atoms with Crippen LogP contribution in [-0.2, 0) is 0 Å². The highest BCUT2D eigenvalue weighted by Gasteiger charge is 2.18. The number of benzene rings is 2. The maximum Gasteiger partial charge on any atom is 0.130 e. The molecule has 2 unspecified atom stereocenters. The first-order valence-electron chi connectivity index (χ1n) is 6.44. The van der Waals surface area contributed by atoms with Crippen LogP contribution in [0.25, 0.3) is 0 Å². The summed E-state index contributed by atoms with van der Waals surface area (Å²) in [6.45, 7) is 3.56. The summed E-state index contributed by atoms with van der Waals surface area (Å²) in [7, 11) is 0. The van der Waals surface area contributed by atoms with Gasteiger partial charge in [-0.25, -0.2) is 13.2 Å². The average Bonchev–Trinajstić information content (AvgIpc) is 2.39. The molecule has 0 heterocycles. The molecule has 0 aliphatic heterocycles. The molecule has 0 aromatic heterocycles. The Hall–Kier alpha value is -1.81. The largest absolute Gasteiger partial charge is 0.303 e. The standard InChI is InChI=1S/C16H16F3N/c1-10(12-6-8-13(17)9-7-12)20-11(2)16-14(18)4-3-5-15(16)19/h3-11,20H,1-2H3. The Morgan fingerprint density at radius 2 is 1.35 bits per heavy atom. The van der Waals surface area contributed by atoms with Crippen molar-refractivity contribution in [3.8, 4) is 0 Å². The van der Waals surface area contributed by atoms with E-state index < -0.39 is 17.7 Å². The van der Waals surface area contributed by atoms with Gasteiger partial charge in [0.1, 0.15) is 17.5 Å². The smallest absolute Gasteiger partial charge is 0.130 e. The second kappa shape index (κ2) is 6.09. The van der Waals surface area contributed by atoms with Gasteiger partial charge >= 0.3 is 0 Å². The van der Waals surface area contributed by atoms with Crippen molar-refractivity contribution in [2.45, 2.75) is 25.9 Å². The minimum Gasteiger partial charge on any atom is -0.303 e. The summed E-state index contributed by atoms with van der Waals surface area (Å²) in [6, 6.07) is 9.20. The van der Waals surface area contributed by atoms with Crippen molar-refractivity contribution in [1.29, 1.82) is 0 Å². The van der Waals surface area contributed by atoms with Crippen LogP contribution in [0.4, 0.5) is 13.2 Å². The summed E-state index contributed by atoms with van der Waals surface area (Å²) in [5.41, 5.74) is 0.872. The molecule has 0 amide bonds. The van der Waals surface area contributed by atoms with Crippen molar-refractivity contribution < 1.29 is 13.2 Å². The van der Waals surface area contributed by atoms with Gasteiger partial charge < -0.3 is 5.32 Å². The van der Waals surface area contributed by atoms with Crippen LogP contribution < -0.4 is 5.32 Å². The van der Waals surface area contributed by atoms with Crippen LogP contribution in [0, 0.1) is 17.5 Å². The van der Waals surface area contributed by atoms with Gasteiger partial charge in [0.25, 0.3) is 0 Å². The fraction of sp³-hybridized carbons (Fsp3) is 0.250. The zero-order valence-electron chi connectivity index (χ0n) is 11.3. The van der Waals surface area contributed by atoms with Gasteiger partial charge in [0.15, 0.2) is 0 Å². The second-order valence-electron chi connectivity index (χ2n) is 4.80. The Bertz CT molecular complexity index is 561. The third-order valence-corrected chi connectivity index (χ3v) is 3.30. The summed E-state index contributed by atoms with van der Waals surface area (Å²) in [5.74, 6) is -1.46. The van der Waals surface area contributed by atoms with Crippen molar-refractivity contribution in [3.05, 3.63) is 71.0 Å². The van der Waals surface area contributed by atoms with Gasteiger partial charge in [-0.05, 0) is 43.7 Å². The van der Waals surface area contributed by atoms with Crippen molar-refractivity contribution >= 4 is 0 Å². The lowest BCUT2D eigenvalue weighted by molar-refractivity contribution is 0.449. The number of halogens is 3. The Balaban J connectivity index is 2.15. The quantitative estimate of drug-likeness (QED) is 0.868. The van der Waals surface area contributed by atoms with Crippen molar-refractivity contribution in [1.82, 2.24) is 5.32 Å². The van der Waals surface area contributed by atoms with Crippen LogP contribution >= 0.6 is 0 Å². The number of hydrogen-bond donors (Lipinski definition) is 1. The highest BCUT2D eigenvalue weighted by atomic mass is 19.1. The molecule has 106 valence electrons. The van der Waals surface area contributed by atoms with Crippen LogP contribution in [0.2, 0.25) is 0 Å². The Morgan fingerprint density at radius 3 is 1.90 bits per heavy atom. The van der Waals surface area contributed by atoms with E-state index in [0.29, 0.717) is 0 Å². The zero-order valence-corrected chi connectivity index (χ0v) is 11.3. The first-order valence-corrected chi connectivity index (χ1v) is 6.44.